The van der Waals surface area contributed by atoms with Gasteiger partial charge in [-0.2, -0.15) is 11.8 Å². The zero-order chi connectivity index (χ0) is 8.36. The van der Waals surface area contributed by atoms with Gasteiger partial charge in [-0.3, -0.25) is 0 Å². The normalized spacial score (nSPS) is 8.45. The molecule has 0 aromatic carbocycles. The summed E-state index contributed by atoms with van der Waals surface area (Å²) in [5.41, 5.74) is 0. The molecular weight excluding hydrogens is 154 g/mol. The van der Waals surface area contributed by atoms with Crippen LogP contribution in [-0.2, 0) is 0 Å². The first-order valence-corrected chi connectivity index (χ1v) is 4.86. The molecule has 11 heavy (non-hydrogen) atoms. The standard InChI is InChI=1S/C9H15NS/c1-3-5-6-10-7-9-11-8-4-2/h4,10H,2,6-9H2,1H3. The molecule has 0 amide bonds. The lowest BCUT2D eigenvalue weighted by atomic mass is 10.6. The minimum absolute atomic E-state index is 0.811. The average Bonchev–Trinajstić information content (AvgIpc) is 2.03. The summed E-state index contributed by atoms with van der Waals surface area (Å²) in [4.78, 5) is 0. The van der Waals surface area contributed by atoms with Crippen molar-refractivity contribution in [2.45, 2.75) is 6.92 Å². The molecule has 0 rings (SSSR count). The zero-order valence-corrected chi connectivity index (χ0v) is 7.84. The summed E-state index contributed by atoms with van der Waals surface area (Å²) in [5.74, 6) is 7.96. The number of hydrogen-bond acceptors (Lipinski definition) is 2. The highest BCUT2D eigenvalue weighted by molar-refractivity contribution is 7.99. The van der Waals surface area contributed by atoms with Crippen LogP contribution in [-0.4, -0.2) is 24.6 Å². The van der Waals surface area contributed by atoms with E-state index in [-0.39, 0.29) is 0 Å². The fourth-order valence-electron chi connectivity index (χ4n) is 0.550. The van der Waals surface area contributed by atoms with E-state index < -0.39 is 0 Å². The van der Waals surface area contributed by atoms with Crippen LogP contribution in [0.5, 0.6) is 0 Å². The van der Waals surface area contributed by atoms with E-state index in [0.717, 1.165) is 24.6 Å². The van der Waals surface area contributed by atoms with Crippen molar-refractivity contribution in [3.8, 4) is 11.8 Å². The maximum atomic E-state index is 3.64. The van der Waals surface area contributed by atoms with Crippen LogP contribution in [0.3, 0.4) is 0 Å². The molecule has 0 saturated carbocycles. The molecule has 1 nitrogen and oxygen atoms in total. The number of nitrogens with one attached hydrogen (secondary N) is 1. The summed E-state index contributed by atoms with van der Waals surface area (Å²) in [7, 11) is 0. The van der Waals surface area contributed by atoms with Crippen molar-refractivity contribution in [3.05, 3.63) is 12.7 Å². The third kappa shape index (κ3) is 9.61. The van der Waals surface area contributed by atoms with Gasteiger partial charge in [-0.15, -0.1) is 12.5 Å². The van der Waals surface area contributed by atoms with E-state index in [4.69, 9.17) is 0 Å². The lowest BCUT2D eigenvalue weighted by Gasteiger charge is -1.97. The fraction of sp³-hybridized carbons (Fsp3) is 0.556. The van der Waals surface area contributed by atoms with E-state index in [0.29, 0.717) is 0 Å². The summed E-state index contributed by atoms with van der Waals surface area (Å²) in [6.07, 6.45) is 1.93. The predicted molar refractivity (Wildman–Crippen MR) is 53.8 cm³/mol. The minimum Gasteiger partial charge on any atom is -0.305 e. The second kappa shape index (κ2) is 9.61. The second-order valence-electron chi connectivity index (χ2n) is 1.97. The lowest BCUT2D eigenvalue weighted by molar-refractivity contribution is 0.818. The Labute approximate surface area is 73.6 Å². The largest absolute Gasteiger partial charge is 0.305 e. The monoisotopic (exact) mass is 169 g/mol. The predicted octanol–water partition coefficient (Wildman–Crippen LogP) is 1.52. The first kappa shape index (κ1) is 10.6. The van der Waals surface area contributed by atoms with Gasteiger partial charge >= 0.3 is 0 Å². The highest BCUT2D eigenvalue weighted by Crippen LogP contribution is 1.96. The summed E-state index contributed by atoms with van der Waals surface area (Å²) >= 11 is 1.88. The van der Waals surface area contributed by atoms with Crippen LogP contribution >= 0.6 is 11.8 Å². The molecule has 0 aromatic heterocycles. The molecule has 0 heterocycles. The van der Waals surface area contributed by atoms with Gasteiger partial charge in [-0.25, -0.2) is 0 Å². The zero-order valence-electron chi connectivity index (χ0n) is 7.02. The van der Waals surface area contributed by atoms with Gasteiger partial charge in [0.25, 0.3) is 0 Å². The molecule has 2 heteroatoms. The van der Waals surface area contributed by atoms with E-state index in [9.17, 15) is 0 Å². The Balaban J connectivity index is 2.88. The average molecular weight is 169 g/mol. The summed E-state index contributed by atoms with van der Waals surface area (Å²) < 4.78 is 0. The van der Waals surface area contributed by atoms with Crippen molar-refractivity contribution in [1.82, 2.24) is 5.32 Å². The van der Waals surface area contributed by atoms with Gasteiger partial charge in [0, 0.05) is 18.1 Å². The van der Waals surface area contributed by atoms with E-state index in [1.807, 2.05) is 24.8 Å². The van der Waals surface area contributed by atoms with E-state index in [2.05, 4.69) is 23.7 Å². The van der Waals surface area contributed by atoms with Crippen LogP contribution < -0.4 is 5.32 Å². The number of rotatable bonds is 6. The molecule has 0 saturated heterocycles. The Bertz CT molecular complexity index is 143. The highest BCUT2D eigenvalue weighted by Gasteiger charge is 1.83. The molecule has 62 valence electrons. The Morgan fingerprint density at radius 2 is 2.45 bits per heavy atom. The van der Waals surface area contributed by atoms with Gasteiger partial charge in [-0.1, -0.05) is 12.0 Å². The topological polar surface area (TPSA) is 12.0 Å². The SMILES string of the molecule is C=CCSCCNCC#CC. The Kier molecular flexibility index (Phi) is 9.27. The van der Waals surface area contributed by atoms with Gasteiger partial charge < -0.3 is 5.32 Å². The third-order valence-electron chi connectivity index (χ3n) is 1.05. The Morgan fingerprint density at radius 3 is 3.09 bits per heavy atom. The molecule has 0 spiro atoms. The van der Waals surface area contributed by atoms with E-state index >= 15 is 0 Å². The minimum atomic E-state index is 0.811. The quantitative estimate of drug-likeness (QED) is 0.367. The van der Waals surface area contributed by atoms with Crippen molar-refractivity contribution in [3.63, 3.8) is 0 Å². The van der Waals surface area contributed by atoms with Crippen LogP contribution in [0.15, 0.2) is 12.7 Å². The molecule has 0 bridgehead atoms. The van der Waals surface area contributed by atoms with Crippen LogP contribution in [0.4, 0.5) is 0 Å². The van der Waals surface area contributed by atoms with Crippen LogP contribution in [0, 0.1) is 11.8 Å². The third-order valence-corrected chi connectivity index (χ3v) is 2.01. The molecule has 0 radical (unpaired) electrons. The Morgan fingerprint density at radius 1 is 1.64 bits per heavy atom. The highest BCUT2D eigenvalue weighted by atomic mass is 32.2. The van der Waals surface area contributed by atoms with Crippen molar-refractivity contribution in [1.29, 1.82) is 0 Å². The summed E-state index contributed by atoms with van der Waals surface area (Å²) in [5, 5.41) is 3.22. The summed E-state index contributed by atoms with van der Waals surface area (Å²) in [6.45, 7) is 7.35. The Hall–Kier alpha value is -0.390. The van der Waals surface area contributed by atoms with Gasteiger partial charge in [0.1, 0.15) is 0 Å². The van der Waals surface area contributed by atoms with Crippen molar-refractivity contribution >= 4 is 11.8 Å². The van der Waals surface area contributed by atoms with Crippen molar-refractivity contribution in [2.75, 3.05) is 24.6 Å². The second-order valence-corrected chi connectivity index (χ2v) is 3.12. The van der Waals surface area contributed by atoms with Gasteiger partial charge in [0.05, 0.1) is 6.54 Å². The number of hydrogen-bond donors (Lipinski definition) is 1. The lowest BCUT2D eigenvalue weighted by Crippen LogP contribution is -2.17. The van der Waals surface area contributed by atoms with Crippen LogP contribution in [0.1, 0.15) is 6.92 Å². The molecule has 0 unspecified atom stereocenters. The van der Waals surface area contributed by atoms with Crippen LogP contribution in [0.25, 0.3) is 0 Å². The molecule has 0 aliphatic rings. The van der Waals surface area contributed by atoms with Crippen molar-refractivity contribution in [2.24, 2.45) is 0 Å². The van der Waals surface area contributed by atoms with Crippen LogP contribution in [0.2, 0.25) is 0 Å². The van der Waals surface area contributed by atoms with Crippen molar-refractivity contribution < 1.29 is 0 Å². The maximum absolute atomic E-state index is 3.64. The van der Waals surface area contributed by atoms with Gasteiger partial charge in [0.15, 0.2) is 0 Å². The first-order chi connectivity index (χ1) is 5.41. The van der Waals surface area contributed by atoms with E-state index in [1.54, 1.807) is 0 Å². The molecule has 0 aromatic rings. The molecule has 1 N–H and O–H groups in total. The van der Waals surface area contributed by atoms with E-state index in [1.165, 1.54) is 0 Å². The smallest absolute Gasteiger partial charge is 0.0576 e. The van der Waals surface area contributed by atoms with Gasteiger partial charge in [-0.05, 0) is 6.92 Å². The maximum Gasteiger partial charge on any atom is 0.0576 e. The molecule has 0 atom stereocenters. The summed E-state index contributed by atoms with van der Waals surface area (Å²) in [6, 6.07) is 0. The molecule has 0 aliphatic carbocycles. The number of thioether (sulfide) groups is 1. The fourth-order valence-corrected chi connectivity index (χ4v) is 1.17. The molecular formula is C9H15NS. The molecule has 0 aliphatic heterocycles. The van der Waals surface area contributed by atoms with Gasteiger partial charge in [0.2, 0.25) is 0 Å². The first-order valence-electron chi connectivity index (χ1n) is 3.70. The molecule has 0 fully saturated rings.